The summed E-state index contributed by atoms with van der Waals surface area (Å²) in [5.74, 6) is -0.621. The minimum atomic E-state index is -0.454. The maximum atomic E-state index is 12.6. The van der Waals surface area contributed by atoms with Crippen LogP contribution >= 0.6 is 11.6 Å². The Morgan fingerprint density at radius 1 is 1.12 bits per heavy atom. The van der Waals surface area contributed by atoms with Crippen LogP contribution in [-0.4, -0.2) is 30.0 Å². The molecular weight excluding hydrogens is 352 g/mol. The number of benzene rings is 2. The number of nitrogens with one attached hydrogen (secondary N) is 1. The Kier molecular flexibility index (Phi) is 5.49. The minimum absolute atomic E-state index is 0.103. The molecule has 5 nitrogen and oxygen atoms in total. The molecule has 1 aromatic heterocycles. The summed E-state index contributed by atoms with van der Waals surface area (Å²) in [5, 5.41) is 3.94. The third-order valence-corrected chi connectivity index (χ3v) is 4.04. The number of halogens is 1. The van der Waals surface area contributed by atoms with Crippen molar-refractivity contribution in [1.82, 2.24) is 10.3 Å². The maximum Gasteiger partial charge on any atom is 0.338 e. The van der Waals surface area contributed by atoms with Crippen LogP contribution in [-0.2, 0) is 9.53 Å². The molecule has 0 radical (unpaired) electrons. The summed E-state index contributed by atoms with van der Waals surface area (Å²) in [6.07, 6.45) is 0. The number of nitrogens with zero attached hydrogens (tertiary/aromatic N) is 1. The van der Waals surface area contributed by atoms with E-state index in [2.05, 4.69) is 10.3 Å². The molecule has 0 fully saturated rings. The molecule has 3 rings (SSSR count). The van der Waals surface area contributed by atoms with Gasteiger partial charge in [0.25, 0.3) is 0 Å². The lowest BCUT2D eigenvalue weighted by molar-refractivity contribution is -0.119. The van der Waals surface area contributed by atoms with Gasteiger partial charge in [0.1, 0.15) is 6.61 Å². The van der Waals surface area contributed by atoms with Crippen LogP contribution in [0.15, 0.2) is 54.6 Å². The Balaban J connectivity index is 1.93. The predicted octanol–water partition coefficient (Wildman–Crippen LogP) is 3.85. The largest absolute Gasteiger partial charge is 0.460 e. The van der Waals surface area contributed by atoms with Crippen LogP contribution in [0.3, 0.4) is 0 Å². The average molecular weight is 369 g/mol. The molecule has 132 valence electrons. The van der Waals surface area contributed by atoms with Crippen molar-refractivity contribution < 1.29 is 14.3 Å². The van der Waals surface area contributed by atoms with Crippen LogP contribution in [0.5, 0.6) is 0 Å². The zero-order valence-corrected chi connectivity index (χ0v) is 14.9. The number of esters is 1. The number of carbonyl (C=O) groups excluding carboxylic acids is 2. The molecular formula is C20H17ClN2O3. The summed E-state index contributed by atoms with van der Waals surface area (Å²) in [5.41, 5.74) is 2.65. The van der Waals surface area contributed by atoms with Gasteiger partial charge in [0, 0.05) is 22.9 Å². The van der Waals surface area contributed by atoms with Crippen LogP contribution in [0.1, 0.15) is 17.3 Å². The molecule has 6 heteroatoms. The normalized spacial score (nSPS) is 10.5. The zero-order chi connectivity index (χ0) is 18.5. The first-order chi connectivity index (χ1) is 12.5. The van der Waals surface area contributed by atoms with Crippen LogP contribution in [0.25, 0.3) is 22.2 Å². The quantitative estimate of drug-likeness (QED) is 0.548. The number of hydrogen-bond donors (Lipinski definition) is 1. The molecule has 0 unspecified atom stereocenters. The molecule has 0 aliphatic rings. The predicted molar refractivity (Wildman–Crippen MR) is 101 cm³/mol. The number of carbonyl (C=O) groups is 2. The SMILES string of the molecule is CC(=O)NCCOC(=O)c1cc(-c2ccc(Cl)cc2)nc2ccccc12. The molecule has 0 aliphatic carbocycles. The smallest absolute Gasteiger partial charge is 0.338 e. The lowest BCUT2D eigenvalue weighted by Crippen LogP contribution is -2.25. The summed E-state index contributed by atoms with van der Waals surface area (Å²) >= 11 is 5.94. The van der Waals surface area contributed by atoms with Gasteiger partial charge in [-0.05, 0) is 24.3 Å². The lowest BCUT2D eigenvalue weighted by Gasteiger charge is -2.10. The minimum Gasteiger partial charge on any atom is -0.460 e. The van der Waals surface area contributed by atoms with Crippen molar-refractivity contribution >= 4 is 34.4 Å². The molecule has 0 aliphatic heterocycles. The van der Waals surface area contributed by atoms with Crippen molar-refractivity contribution in [1.29, 1.82) is 0 Å². The number of pyridine rings is 1. The third kappa shape index (κ3) is 4.18. The van der Waals surface area contributed by atoms with Gasteiger partial charge in [-0.2, -0.15) is 0 Å². The highest BCUT2D eigenvalue weighted by molar-refractivity contribution is 6.30. The van der Waals surface area contributed by atoms with E-state index in [1.54, 1.807) is 18.2 Å². The van der Waals surface area contributed by atoms with Crippen molar-refractivity contribution in [2.75, 3.05) is 13.2 Å². The van der Waals surface area contributed by atoms with Crippen LogP contribution in [0, 0.1) is 0 Å². The molecule has 1 N–H and O–H groups in total. The van der Waals surface area contributed by atoms with Crippen molar-refractivity contribution in [3.63, 3.8) is 0 Å². The second-order valence-electron chi connectivity index (χ2n) is 5.70. The summed E-state index contributed by atoms with van der Waals surface area (Å²) in [7, 11) is 0. The van der Waals surface area contributed by atoms with Gasteiger partial charge >= 0.3 is 5.97 Å². The number of ether oxygens (including phenoxy) is 1. The second-order valence-corrected chi connectivity index (χ2v) is 6.13. The van der Waals surface area contributed by atoms with E-state index in [0.29, 0.717) is 21.8 Å². The highest BCUT2D eigenvalue weighted by atomic mass is 35.5. The highest BCUT2D eigenvalue weighted by Gasteiger charge is 2.15. The summed E-state index contributed by atoms with van der Waals surface area (Å²) in [6.45, 7) is 1.79. The third-order valence-electron chi connectivity index (χ3n) is 3.79. The standard InChI is InChI=1S/C20H17ClN2O3/c1-13(24)22-10-11-26-20(25)17-12-19(14-6-8-15(21)9-7-14)23-18-5-3-2-4-16(17)18/h2-9,12H,10-11H2,1H3,(H,22,24). The monoisotopic (exact) mass is 368 g/mol. The van der Waals surface area contributed by atoms with E-state index in [1.807, 2.05) is 36.4 Å². The molecule has 1 amide bonds. The van der Waals surface area contributed by atoms with Gasteiger partial charge in [-0.25, -0.2) is 9.78 Å². The first-order valence-corrected chi connectivity index (χ1v) is 8.49. The van der Waals surface area contributed by atoms with E-state index in [0.717, 1.165) is 10.9 Å². The molecule has 0 bridgehead atoms. The van der Waals surface area contributed by atoms with E-state index in [9.17, 15) is 9.59 Å². The summed E-state index contributed by atoms with van der Waals surface area (Å²) in [6, 6.07) is 16.4. The van der Waals surface area contributed by atoms with Crippen LogP contribution < -0.4 is 5.32 Å². The van der Waals surface area contributed by atoms with E-state index in [4.69, 9.17) is 16.3 Å². The Labute approximate surface area is 156 Å². The first-order valence-electron chi connectivity index (χ1n) is 8.12. The molecule has 3 aromatic rings. The molecule has 2 aromatic carbocycles. The number of hydrogen-bond acceptors (Lipinski definition) is 4. The van der Waals surface area contributed by atoms with E-state index in [1.165, 1.54) is 6.92 Å². The molecule has 0 saturated carbocycles. The first kappa shape index (κ1) is 17.9. The Morgan fingerprint density at radius 3 is 2.58 bits per heavy atom. The van der Waals surface area contributed by atoms with Crippen molar-refractivity contribution in [2.24, 2.45) is 0 Å². The Hall–Kier alpha value is -2.92. The highest BCUT2D eigenvalue weighted by Crippen LogP contribution is 2.26. The van der Waals surface area contributed by atoms with Crippen molar-refractivity contribution in [3.05, 3.63) is 65.2 Å². The van der Waals surface area contributed by atoms with Crippen LogP contribution in [0.2, 0.25) is 5.02 Å². The second kappa shape index (κ2) is 7.97. The maximum absolute atomic E-state index is 12.6. The number of rotatable bonds is 5. The average Bonchev–Trinajstić information content (AvgIpc) is 2.64. The molecule has 1 heterocycles. The Morgan fingerprint density at radius 2 is 1.85 bits per heavy atom. The molecule has 26 heavy (non-hydrogen) atoms. The Bertz CT molecular complexity index is 955. The zero-order valence-electron chi connectivity index (χ0n) is 14.2. The fourth-order valence-corrected chi connectivity index (χ4v) is 2.69. The topological polar surface area (TPSA) is 68.3 Å². The number of fused-ring (bicyclic) bond motifs is 1. The fourth-order valence-electron chi connectivity index (χ4n) is 2.56. The van der Waals surface area contributed by atoms with Gasteiger partial charge in [-0.1, -0.05) is 41.9 Å². The van der Waals surface area contributed by atoms with Crippen LogP contribution in [0.4, 0.5) is 0 Å². The summed E-state index contributed by atoms with van der Waals surface area (Å²) in [4.78, 5) is 28.1. The number of aromatic nitrogens is 1. The van der Waals surface area contributed by atoms with E-state index < -0.39 is 5.97 Å². The summed E-state index contributed by atoms with van der Waals surface area (Å²) < 4.78 is 5.29. The van der Waals surface area contributed by atoms with Gasteiger partial charge < -0.3 is 10.1 Å². The molecule has 0 spiro atoms. The van der Waals surface area contributed by atoms with Gasteiger partial charge in [-0.3, -0.25) is 4.79 Å². The van der Waals surface area contributed by atoms with Crippen molar-refractivity contribution in [2.45, 2.75) is 6.92 Å². The molecule has 0 atom stereocenters. The van der Waals surface area contributed by atoms with Gasteiger partial charge in [0.15, 0.2) is 0 Å². The lowest BCUT2D eigenvalue weighted by atomic mass is 10.0. The van der Waals surface area contributed by atoms with E-state index in [-0.39, 0.29) is 19.1 Å². The molecule has 0 saturated heterocycles. The van der Waals surface area contributed by atoms with Crippen molar-refractivity contribution in [3.8, 4) is 11.3 Å². The number of amides is 1. The van der Waals surface area contributed by atoms with Gasteiger partial charge in [-0.15, -0.1) is 0 Å². The van der Waals surface area contributed by atoms with Gasteiger partial charge in [0.2, 0.25) is 5.91 Å². The number of para-hydroxylation sites is 1. The fraction of sp³-hybridized carbons (Fsp3) is 0.150. The van der Waals surface area contributed by atoms with Gasteiger partial charge in [0.05, 0.1) is 23.3 Å². The van der Waals surface area contributed by atoms with E-state index >= 15 is 0 Å².